The third kappa shape index (κ3) is 2.59. The molecule has 0 N–H and O–H groups in total. The number of fused-ring (bicyclic) bond motifs is 1. The molecule has 5 heteroatoms. The smallest absolute Gasteiger partial charge is 0.256 e. The Balaban J connectivity index is 1.84. The Hall–Kier alpha value is -2.43. The molecule has 2 heterocycles. The Morgan fingerprint density at radius 2 is 1.67 bits per heavy atom. The molecule has 0 unspecified atom stereocenters. The molecule has 1 aromatic heterocycles. The van der Waals surface area contributed by atoms with E-state index in [1.807, 2.05) is 30.3 Å². The van der Waals surface area contributed by atoms with Crippen LogP contribution < -0.4 is 0 Å². The molecule has 5 nitrogen and oxygen atoms in total. The van der Waals surface area contributed by atoms with Crippen molar-refractivity contribution in [1.82, 2.24) is 14.8 Å². The highest BCUT2D eigenvalue weighted by molar-refractivity contribution is 6.05. The van der Waals surface area contributed by atoms with Crippen LogP contribution in [-0.2, 0) is 4.79 Å². The SMILES string of the molecule is CC(=O)N1CCN(C(=O)c2cccc3cccnc23)CC1. The van der Waals surface area contributed by atoms with Crippen LogP contribution in [0.15, 0.2) is 36.5 Å². The summed E-state index contributed by atoms with van der Waals surface area (Å²) in [6.07, 6.45) is 1.70. The van der Waals surface area contributed by atoms with E-state index < -0.39 is 0 Å². The largest absolute Gasteiger partial charge is 0.339 e. The van der Waals surface area contributed by atoms with Gasteiger partial charge in [-0.1, -0.05) is 18.2 Å². The maximum atomic E-state index is 12.7. The van der Waals surface area contributed by atoms with Crippen molar-refractivity contribution < 1.29 is 9.59 Å². The number of carbonyl (C=O) groups is 2. The second-order valence-electron chi connectivity index (χ2n) is 5.18. The summed E-state index contributed by atoms with van der Waals surface area (Å²) in [7, 11) is 0. The average molecular weight is 283 g/mol. The lowest BCUT2D eigenvalue weighted by molar-refractivity contribution is -0.130. The van der Waals surface area contributed by atoms with Gasteiger partial charge in [-0.25, -0.2) is 0 Å². The van der Waals surface area contributed by atoms with Crippen molar-refractivity contribution in [3.8, 4) is 0 Å². The van der Waals surface area contributed by atoms with Gasteiger partial charge in [-0.05, 0) is 12.1 Å². The third-order valence-corrected chi connectivity index (χ3v) is 3.88. The highest BCUT2D eigenvalue weighted by Gasteiger charge is 2.24. The van der Waals surface area contributed by atoms with Gasteiger partial charge in [0.25, 0.3) is 5.91 Å². The van der Waals surface area contributed by atoms with Gasteiger partial charge in [0, 0.05) is 44.7 Å². The molecule has 21 heavy (non-hydrogen) atoms. The van der Waals surface area contributed by atoms with Crippen LogP contribution in [0.4, 0.5) is 0 Å². The molecule has 0 bridgehead atoms. The number of aromatic nitrogens is 1. The van der Waals surface area contributed by atoms with Gasteiger partial charge in [-0.3, -0.25) is 14.6 Å². The lowest BCUT2D eigenvalue weighted by Crippen LogP contribution is -2.50. The Kier molecular flexibility index (Phi) is 3.56. The summed E-state index contributed by atoms with van der Waals surface area (Å²) in [5, 5.41) is 0.964. The minimum Gasteiger partial charge on any atom is -0.339 e. The van der Waals surface area contributed by atoms with Crippen LogP contribution in [0.2, 0.25) is 0 Å². The number of amides is 2. The summed E-state index contributed by atoms with van der Waals surface area (Å²) >= 11 is 0. The first-order valence-electron chi connectivity index (χ1n) is 7.05. The zero-order chi connectivity index (χ0) is 14.8. The standard InChI is InChI=1S/C16H17N3O2/c1-12(20)18-8-10-19(11-9-18)16(21)14-6-2-4-13-5-3-7-17-15(13)14/h2-7H,8-11H2,1H3. The molecule has 2 aromatic rings. The van der Waals surface area contributed by atoms with Crippen molar-refractivity contribution in [3.05, 3.63) is 42.1 Å². The fourth-order valence-electron chi connectivity index (χ4n) is 2.67. The first-order chi connectivity index (χ1) is 10.2. The molecule has 0 atom stereocenters. The number of hydrogen-bond acceptors (Lipinski definition) is 3. The first-order valence-corrected chi connectivity index (χ1v) is 7.05. The van der Waals surface area contributed by atoms with Crippen LogP contribution in [0, 0.1) is 0 Å². The molecule has 0 radical (unpaired) electrons. The van der Waals surface area contributed by atoms with E-state index in [9.17, 15) is 9.59 Å². The van der Waals surface area contributed by atoms with Crippen molar-refractivity contribution >= 4 is 22.7 Å². The molecule has 1 aliphatic rings. The van der Waals surface area contributed by atoms with Gasteiger partial charge < -0.3 is 9.80 Å². The molecule has 2 amide bonds. The molecule has 1 aliphatic heterocycles. The van der Waals surface area contributed by atoms with Crippen LogP contribution in [0.3, 0.4) is 0 Å². The molecule has 1 aromatic carbocycles. The highest BCUT2D eigenvalue weighted by atomic mass is 16.2. The molecule has 108 valence electrons. The number of hydrogen-bond donors (Lipinski definition) is 0. The molecular formula is C16H17N3O2. The van der Waals surface area contributed by atoms with E-state index in [0.29, 0.717) is 31.7 Å². The van der Waals surface area contributed by atoms with E-state index in [0.717, 1.165) is 10.9 Å². The fraction of sp³-hybridized carbons (Fsp3) is 0.312. The Morgan fingerprint density at radius 1 is 1.00 bits per heavy atom. The summed E-state index contributed by atoms with van der Waals surface area (Å²) in [4.78, 5) is 31.9. The minimum absolute atomic E-state index is 0.0116. The quantitative estimate of drug-likeness (QED) is 0.797. The van der Waals surface area contributed by atoms with Gasteiger partial charge in [0.2, 0.25) is 5.91 Å². The molecule has 1 saturated heterocycles. The van der Waals surface area contributed by atoms with Gasteiger partial charge in [-0.15, -0.1) is 0 Å². The number of para-hydroxylation sites is 1. The van der Waals surface area contributed by atoms with Crippen molar-refractivity contribution in [1.29, 1.82) is 0 Å². The Labute approximate surface area is 123 Å². The maximum Gasteiger partial charge on any atom is 0.256 e. The van der Waals surface area contributed by atoms with Crippen LogP contribution >= 0.6 is 0 Å². The second kappa shape index (κ2) is 5.52. The Bertz CT molecular complexity index is 685. The topological polar surface area (TPSA) is 53.5 Å². The Morgan fingerprint density at radius 3 is 2.38 bits per heavy atom. The molecule has 1 fully saturated rings. The second-order valence-corrected chi connectivity index (χ2v) is 5.18. The van der Waals surface area contributed by atoms with Crippen molar-refractivity contribution in [2.24, 2.45) is 0 Å². The molecule has 3 rings (SSSR count). The predicted molar refractivity (Wildman–Crippen MR) is 79.9 cm³/mol. The van der Waals surface area contributed by atoms with E-state index in [1.54, 1.807) is 22.9 Å². The number of nitrogens with zero attached hydrogens (tertiary/aromatic N) is 3. The van der Waals surface area contributed by atoms with Gasteiger partial charge >= 0.3 is 0 Å². The highest BCUT2D eigenvalue weighted by Crippen LogP contribution is 2.18. The zero-order valence-corrected chi connectivity index (χ0v) is 12.0. The van der Waals surface area contributed by atoms with E-state index >= 15 is 0 Å². The van der Waals surface area contributed by atoms with Crippen LogP contribution in [0.5, 0.6) is 0 Å². The van der Waals surface area contributed by atoms with E-state index in [4.69, 9.17) is 0 Å². The molecule has 0 aliphatic carbocycles. The van der Waals surface area contributed by atoms with Crippen LogP contribution in [0.1, 0.15) is 17.3 Å². The molecule has 0 saturated carbocycles. The summed E-state index contributed by atoms with van der Waals surface area (Å²) in [5.41, 5.74) is 1.36. The van der Waals surface area contributed by atoms with Gasteiger partial charge in [-0.2, -0.15) is 0 Å². The lowest BCUT2D eigenvalue weighted by atomic mass is 10.1. The van der Waals surface area contributed by atoms with Gasteiger partial charge in [0.15, 0.2) is 0 Å². The van der Waals surface area contributed by atoms with Crippen molar-refractivity contribution in [2.75, 3.05) is 26.2 Å². The summed E-state index contributed by atoms with van der Waals surface area (Å²) in [5.74, 6) is 0.0522. The molecular weight excluding hydrogens is 266 g/mol. The lowest BCUT2D eigenvalue weighted by Gasteiger charge is -2.34. The summed E-state index contributed by atoms with van der Waals surface area (Å²) in [6, 6.07) is 9.46. The van der Waals surface area contributed by atoms with Crippen LogP contribution in [0.25, 0.3) is 10.9 Å². The van der Waals surface area contributed by atoms with Gasteiger partial charge in [0.05, 0.1) is 11.1 Å². The summed E-state index contributed by atoms with van der Waals surface area (Å²) < 4.78 is 0. The number of carbonyl (C=O) groups excluding carboxylic acids is 2. The minimum atomic E-state index is -0.0116. The monoisotopic (exact) mass is 283 g/mol. The number of rotatable bonds is 1. The predicted octanol–water partition coefficient (Wildman–Crippen LogP) is 1.54. The first kappa shape index (κ1) is 13.5. The van der Waals surface area contributed by atoms with E-state index in [-0.39, 0.29) is 11.8 Å². The third-order valence-electron chi connectivity index (χ3n) is 3.88. The average Bonchev–Trinajstić information content (AvgIpc) is 2.53. The zero-order valence-electron chi connectivity index (χ0n) is 12.0. The number of piperazine rings is 1. The number of benzene rings is 1. The normalized spacial score (nSPS) is 15.3. The van der Waals surface area contributed by atoms with Crippen molar-refractivity contribution in [2.45, 2.75) is 6.92 Å². The summed E-state index contributed by atoms with van der Waals surface area (Å²) in [6.45, 7) is 3.90. The van der Waals surface area contributed by atoms with Crippen LogP contribution in [-0.4, -0.2) is 52.8 Å². The number of pyridine rings is 1. The van der Waals surface area contributed by atoms with Crippen molar-refractivity contribution in [3.63, 3.8) is 0 Å². The van der Waals surface area contributed by atoms with E-state index in [2.05, 4.69) is 4.98 Å². The van der Waals surface area contributed by atoms with E-state index in [1.165, 1.54) is 0 Å². The maximum absolute atomic E-state index is 12.7. The molecule has 0 spiro atoms. The fourth-order valence-corrected chi connectivity index (χ4v) is 2.67. The van der Waals surface area contributed by atoms with Gasteiger partial charge in [0.1, 0.15) is 0 Å².